The van der Waals surface area contributed by atoms with Gasteiger partial charge in [0, 0.05) is 16.2 Å². The minimum absolute atomic E-state index is 0.0476. The Labute approximate surface area is 129 Å². The van der Waals surface area contributed by atoms with Crippen molar-refractivity contribution in [3.05, 3.63) is 52.8 Å². The van der Waals surface area contributed by atoms with Crippen molar-refractivity contribution in [3.63, 3.8) is 0 Å². The quantitative estimate of drug-likeness (QED) is 0.898. The van der Waals surface area contributed by atoms with Gasteiger partial charge in [-0.1, -0.05) is 22.0 Å². The minimum Gasteiger partial charge on any atom is -0.454 e. The number of benzene rings is 2. The van der Waals surface area contributed by atoms with Gasteiger partial charge in [-0.05, 0) is 30.3 Å². The number of carbonyl (C=O) groups is 1. The number of nitrogens with one attached hydrogen (secondary N) is 1. The number of rotatable bonds is 4. The standard InChI is InChI=1S/C15H10BrFN2O2/c16-10-2-1-3-12(8-10)21-14-5-4-11(9-13(14)17)19-15(20)6-7-18/h1-5,8-9H,6H2,(H,19,20). The van der Waals surface area contributed by atoms with Crippen molar-refractivity contribution in [3.8, 4) is 17.6 Å². The lowest BCUT2D eigenvalue weighted by Crippen LogP contribution is -2.10. The summed E-state index contributed by atoms with van der Waals surface area (Å²) in [5.41, 5.74) is 0.273. The minimum atomic E-state index is -0.607. The maximum absolute atomic E-state index is 13.9. The highest BCUT2D eigenvalue weighted by atomic mass is 79.9. The second-order valence-corrected chi connectivity index (χ2v) is 5.00. The third kappa shape index (κ3) is 4.29. The van der Waals surface area contributed by atoms with E-state index >= 15 is 0 Å². The molecule has 0 saturated heterocycles. The summed E-state index contributed by atoms with van der Waals surface area (Å²) in [6.45, 7) is 0. The molecule has 0 aliphatic carbocycles. The van der Waals surface area contributed by atoms with Gasteiger partial charge in [-0.25, -0.2) is 4.39 Å². The fourth-order valence-corrected chi connectivity index (χ4v) is 1.97. The summed E-state index contributed by atoms with van der Waals surface area (Å²) >= 11 is 3.30. The molecular weight excluding hydrogens is 339 g/mol. The molecule has 0 bridgehead atoms. The molecule has 1 amide bonds. The molecule has 106 valence electrons. The summed E-state index contributed by atoms with van der Waals surface area (Å²) in [4.78, 5) is 11.2. The average molecular weight is 349 g/mol. The molecule has 6 heteroatoms. The molecule has 0 spiro atoms. The predicted octanol–water partition coefficient (Wildman–Crippen LogP) is 4.23. The topological polar surface area (TPSA) is 62.1 Å². The highest BCUT2D eigenvalue weighted by Gasteiger charge is 2.08. The second kappa shape index (κ2) is 6.86. The van der Waals surface area contributed by atoms with Crippen LogP contribution in [-0.2, 0) is 4.79 Å². The molecule has 0 saturated carbocycles. The molecule has 0 aliphatic rings. The van der Waals surface area contributed by atoms with Crippen LogP contribution >= 0.6 is 15.9 Å². The van der Waals surface area contributed by atoms with E-state index < -0.39 is 11.7 Å². The number of ether oxygens (including phenoxy) is 1. The van der Waals surface area contributed by atoms with E-state index in [1.54, 1.807) is 24.3 Å². The fraction of sp³-hybridized carbons (Fsp3) is 0.0667. The molecule has 21 heavy (non-hydrogen) atoms. The first-order valence-electron chi connectivity index (χ1n) is 5.98. The maximum Gasteiger partial charge on any atom is 0.238 e. The number of nitrogens with zero attached hydrogens (tertiary/aromatic N) is 1. The van der Waals surface area contributed by atoms with Crippen LogP contribution in [-0.4, -0.2) is 5.91 Å². The third-order valence-corrected chi connectivity index (χ3v) is 2.97. The Kier molecular flexibility index (Phi) is 4.90. The van der Waals surface area contributed by atoms with Gasteiger partial charge in [0.1, 0.15) is 12.2 Å². The van der Waals surface area contributed by atoms with Crippen LogP contribution in [0.1, 0.15) is 6.42 Å². The van der Waals surface area contributed by atoms with Crippen LogP contribution in [0.5, 0.6) is 11.5 Å². The lowest BCUT2D eigenvalue weighted by atomic mass is 10.2. The SMILES string of the molecule is N#CCC(=O)Nc1ccc(Oc2cccc(Br)c2)c(F)c1. The smallest absolute Gasteiger partial charge is 0.238 e. The first-order chi connectivity index (χ1) is 10.1. The largest absolute Gasteiger partial charge is 0.454 e. The summed E-state index contributed by atoms with van der Waals surface area (Å²) in [6, 6.07) is 12.8. The van der Waals surface area contributed by atoms with E-state index in [2.05, 4.69) is 21.2 Å². The summed E-state index contributed by atoms with van der Waals surface area (Å²) in [5, 5.41) is 10.8. The Bertz CT molecular complexity index is 713. The average Bonchev–Trinajstić information content (AvgIpc) is 2.42. The molecule has 2 rings (SSSR count). The Morgan fingerprint density at radius 1 is 1.33 bits per heavy atom. The molecule has 2 aromatic carbocycles. The van der Waals surface area contributed by atoms with Gasteiger partial charge in [0.2, 0.25) is 5.91 Å². The number of nitriles is 1. The van der Waals surface area contributed by atoms with E-state index in [1.165, 1.54) is 12.1 Å². The molecule has 0 unspecified atom stereocenters. The predicted molar refractivity (Wildman–Crippen MR) is 79.5 cm³/mol. The van der Waals surface area contributed by atoms with Crippen molar-refractivity contribution in [2.24, 2.45) is 0 Å². The highest BCUT2D eigenvalue weighted by molar-refractivity contribution is 9.10. The van der Waals surface area contributed by atoms with E-state index in [-0.39, 0.29) is 17.9 Å². The fourth-order valence-electron chi connectivity index (χ4n) is 1.60. The molecule has 0 heterocycles. The summed E-state index contributed by atoms with van der Waals surface area (Å²) < 4.78 is 20.2. The Morgan fingerprint density at radius 3 is 2.81 bits per heavy atom. The van der Waals surface area contributed by atoms with E-state index in [0.717, 1.165) is 10.5 Å². The van der Waals surface area contributed by atoms with Gasteiger partial charge in [-0.3, -0.25) is 4.79 Å². The van der Waals surface area contributed by atoms with Gasteiger partial charge in [0.15, 0.2) is 11.6 Å². The van der Waals surface area contributed by atoms with Crippen LogP contribution in [0.2, 0.25) is 0 Å². The molecule has 0 atom stereocenters. The number of hydrogen-bond donors (Lipinski definition) is 1. The molecular formula is C15H10BrFN2O2. The van der Waals surface area contributed by atoms with Crippen molar-refractivity contribution in [2.45, 2.75) is 6.42 Å². The van der Waals surface area contributed by atoms with E-state index in [9.17, 15) is 9.18 Å². The number of carbonyl (C=O) groups excluding carboxylic acids is 1. The molecule has 0 aliphatic heterocycles. The Balaban J connectivity index is 2.12. The van der Waals surface area contributed by atoms with Crippen molar-refractivity contribution in [1.29, 1.82) is 5.26 Å². The van der Waals surface area contributed by atoms with Crippen molar-refractivity contribution in [1.82, 2.24) is 0 Å². The lowest BCUT2D eigenvalue weighted by molar-refractivity contribution is -0.115. The Hall–Kier alpha value is -2.39. The first-order valence-corrected chi connectivity index (χ1v) is 6.77. The second-order valence-electron chi connectivity index (χ2n) is 4.09. The van der Waals surface area contributed by atoms with Crippen LogP contribution in [0.25, 0.3) is 0 Å². The number of hydrogen-bond acceptors (Lipinski definition) is 3. The van der Waals surface area contributed by atoms with Gasteiger partial charge in [0.05, 0.1) is 6.07 Å². The zero-order chi connectivity index (χ0) is 15.2. The van der Waals surface area contributed by atoms with Crippen molar-refractivity contribution >= 4 is 27.5 Å². The monoisotopic (exact) mass is 348 g/mol. The van der Waals surface area contributed by atoms with Crippen molar-refractivity contribution < 1.29 is 13.9 Å². The number of anilines is 1. The maximum atomic E-state index is 13.9. The number of halogens is 2. The third-order valence-electron chi connectivity index (χ3n) is 2.48. The van der Waals surface area contributed by atoms with Crippen LogP contribution in [0.15, 0.2) is 46.9 Å². The molecule has 2 aromatic rings. The van der Waals surface area contributed by atoms with Gasteiger partial charge in [0.25, 0.3) is 0 Å². The Morgan fingerprint density at radius 2 is 2.14 bits per heavy atom. The zero-order valence-electron chi connectivity index (χ0n) is 10.8. The molecule has 0 radical (unpaired) electrons. The van der Waals surface area contributed by atoms with E-state index in [0.29, 0.717) is 5.75 Å². The van der Waals surface area contributed by atoms with Crippen molar-refractivity contribution in [2.75, 3.05) is 5.32 Å². The molecule has 4 nitrogen and oxygen atoms in total. The normalized spacial score (nSPS) is 9.76. The zero-order valence-corrected chi connectivity index (χ0v) is 12.4. The van der Waals surface area contributed by atoms with Gasteiger partial charge in [-0.2, -0.15) is 5.26 Å². The summed E-state index contributed by atoms with van der Waals surface area (Å²) in [7, 11) is 0. The van der Waals surface area contributed by atoms with Gasteiger partial charge in [-0.15, -0.1) is 0 Å². The first kappa shape index (κ1) is 15.0. The van der Waals surface area contributed by atoms with Gasteiger partial charge >= 0.3 is 0 Å². The highest BCUT2D eigenvalue weighted by Crippen LogP contribution is 2.28. The summed E-state index contributed by atoms with van der Waals surface area (Å²) in [5.74, 6) is -0.557. The van der Waals surface area contributed by atoms with E-state index in [4.69, 9.17) is 10.00 Å². The van der Waals surface area contributed by atoms with Crippen LogP contribution in [0, 0.1) is 17.1 Å². The number of amides is 1. The molecule has 1 N–H and O–H groups in total. The van der Waals surface area contributed by atoms with E-state index in [1.807, 2.05) is 6.07 Å². The molecule has 0 aromatic heterocycles. The van der Waals surface area contributed by atoms with Gasteiger partial charge < -0.3 is 10.1 Å². The van der Waals surface area contributed by atoms with Crippen LogP contribution in [0.4, 0.5) is 10.1 Å². The molecule has 0 fully saturated rings. The summed E-state index contributed by atoms with van der Waals surface area (Å²) in [6.07, 6.45) is -0.280. The lowest BCUT2D eigenvalue weighted by Gasteiger charge is -2.09. The van der Waals surface area contributed by atoms with Crippen LogP contribution < -0.4 is 10.1 Å². The van der Waals surface area contributed by atoms with Crippen LogP contribution in [0.3, 0.4) is 0 Å².